The van der Waals surface area contributed by atoms with Gasteiger partial charge in [-0.2, -0.15) is 13.2 Å². The molecule has 1 N–H and O–H groups in total. The minimum atomic E-state index is -4.58. The molecule has 8 heteroatoms. The summed E-state index contributed by atoms with van der Waals surface area (Å²) >= 11 is 5.65. The molecule has 0 fully saturated rings. The first-order valence-electron chi connectivity index (χ1n) is 5.80. The molecule has 1 aromatic carbocycles. The smallest absolute Gasteiger partial charge is 0.306 e. The van der Waals surface area contributed by atoms with Gasteiger partial charge in [0.05, 0.1) is 11.3 Å². The monoisotopic (exact) mass is 313 g/mol. The number of rotatable bonds is 1. The molecule has 4 nitrogen and oxygen atoms in total. The highest BCUT2D eigenvalue weighted by Gasteiger charge is 2.34. The van der Waals surface area contributed by atoms with Gasteiger partial charge in [0.1, 0.15) is 17.5 Å². The number of halogens is 4. The molecule has 2 heterocycles. The third-order valence-electron chi connectivity index (χ3n) is 2.95. The summed E-state index contributed by atoms with van der Waals surface area (Å²) in [6.07, 6.45) is -3.36. The second-order valence-electron chi connectivity index (χ2n) is 4.33. The number of nitrogens with zero attached hydrogens (tertiary/aromatic N) is 2. The fourth-order valence-corrected chi connectivity index (χ4v) is 2.22. The van der Waals surface area contributed by atoms with Gasteiger partial charge in [0.15, 0.2) is 0 Å². The lowest BCUT2D eigenvalue weighted by Crippen LogP contribution is -2.12. The molecular formula is C13H7ClF3N3O. The molecular weight excluding hydrogens is 307 g/mol. The van der Waals surface area contributed by atoms with E-state index in [0.29, 0.717) is 5.52 Å². The number of imidazole rings is 1. The molecule has 0 amide bonds. The Bertz CT molecular complexity index is 882. The molecule has 3 aromatic rings. The zero-order chi connectivity index (χ0) is 15.2. The van der Waals surface area contributed by atoms with E-state index in [1.807, 2.05) is 0 Å². The van der Waals surface area contributed by atoms with Crippen molar-refractivity contribution in [1.29, 1.82) is 0 Å². The Hall–Kier alpha value is -2.28. The van der Waals surface area contributed by atoms with Gasteiger partial charge in [-0.15, -0.1) is 0 Å². The number of pyridine rings is 1. The predicted molar refractivity (Wildman–Crippen MR) is 71.7 cm³/mol. The van der Waals surface area contributed by atoms with Crippen molar-refractivity contribution in [2.75, 3.05) is 0 Å². The molecule has 0 spiro atoms. The fraction of sp³-hybridized carbons (Fsp3) is 0.0769. The van der Waals surface area contributed by atoms with Gasteiger partial charge >= 0.3 is 6.18 Å². The molecule has 0 aliphatic rings. The van der Waals surface area contributed by atoms with Gasteiger partial charge in [-0.05, 0) is 24.3 Å². The molecule has 0 radical (unpaired) electrons. The van der Waals surface area contributed by atoms with Crippen LogP contribution in [-0.4, -0.2) is 14.5 Å². The van der Waals surface area contributed by atoms with Gasteiger partial charge in [0, 0.05) is 11.1 Å². The van der Waals surface area contributed by atoms with E-state index in [0.717, 1.165) is 6.07 Å². The number of fused-ring (bicyclic) bond motifs is 1. The van der Waals surface area contributed by atoms with Crippen LogP contribution >= 0.6 is 11.6 Å². The largest absolute Gasteiger partial charge is 0.418 e. The molecule has 0 unspecified atom stereocenters. The average molecular weight is 314 g/mol. The summed E-state index contributed by atoms with van der Waals surface area (Å²) < 4.78 is 40.6. The summed E-state index contributed by atoms with van der Waals surface area (Å²) in [6, 6.07) is 6.11. The van der Waals surface area contributed by atoms with Crippen LogP contribution in [0, 0.1) is 0 Å². The van der Waals surface area contributed by atoms with Crippen molar-refractivity contribution < 1.29 is 13.2 Å². The van der Waals surface area contributed by atoms with Crippen molar-refractivity contribution in [2.24, 2.45) is 0 Å². The predicted octanol–water partition coefficient (Wildman–Crippen LogP) is 3.39. The van der Waals surface area contributed by atoms with Gasteiger partial charge < -0.3 is 4.98 Å². The third-order valence-corrected chi connectivity index (χ3v) is 3.19. The highest BCUT2D eigenvalue weighted by Crippen LogP contribution is 2.36. The van der Waals surface area contributed by atoms with Crippen LogP contribution in [0.5, 0.6) is 0 Å². The number of aromatic nitrogens is 3. The van der Waals surface area contributed by atoms with Crippen LogP contribution in [0.15, 0.2) is 41.5 Å². The molecule has 0 atom stereocenters. The van der Waals surface area contributed by atoms with Crippen LogP contribution in [0.2, 0.25) is 5.02 Å². The summed E-state index contributed by atoms with van der Waals surface area (Å²) in [5.41, 5.74) is -0.907. The Morgan fingerprint density at radius 2 is 1.95 bits per heavy atom. The van der Waals surface area contributed by atoms with Crippen LogP contribution in [-0.2, 0) is 6.18 Å². The van der Waals surface area contributed by atoms with E-state index < -0.39 is 17.3 Å². The van der Waals surface area contributed by atoms with Crippen LogP contribution in [0.3, 0.4) is 0 Å². The summed E-state index contributed by atoms with van der Waals surface area (Å²) in [5.74, 6) is 0. The molecule has 108 valence electrons. The minimum absolute atomic E-state index is 0.0241. The molecule has 0 aliphatic carbocycles. The van der Waals surface area contributed by atoms with Crippen LogP contribution in [0.1, 0.15) is 5.56 Å². The number of benzene rings is 1. The van der Waals surface area contributed by atoms with Gasteiger partial charge in [-0.3, -0.25) is 9.36 Å². The maximum Gasteiger partial charge on any atom is 0.418 e. The Morgan fingerprint density at radius 3 is 2.67 bits per heavy atom. The van der Waals surface area contributed by atoms with Crippen LogP contribution < -0.4 is 5.56 Å². The normalized spacial score (nSPS) is 12.0. The van der Waals surface area contributed by atoms with E-state index in [9.17, 15) is 18.0 Å². The summed E-state index contributed by atoms with van der Waals surface area (Å²) in [4.78, 5) is 17.8. The van der Waals surface area contributed by atoms with Crippen molar-refractivity contribution in [3.05, 3.63) is 57.6 Å². The second kappa shape index (κ2) is 4.63. The van der Waals surface area contributed by atoms with E-state index in [1.165, 1.54) is 35.2 Å². The number of H-pyrrole nitrogens is 1. The Balaban J connectivity index is 2.33. The quantitative estimate of drug-likeness (QED) is 0.748. The zero-order valence-corrected chi connectivity index (χ0v) is 11.0. The topological polar surface area (TPSA) is 50.7 Å². The van der Waals surface area contributed by atoms with Crippen molar-refractivity contribution in [2.45, 2.75) is 6.18 Å². The lowest BCUT2D eigenvalue weighted by Gasteiger charge is -2.14. The fourth-order valence-electron chi connectivity index (χ4n) is 2.05. The highest BCUT2D eigenvalue weighted by atomic mass is 35.5. The molecule has 3 rings (SSSR count). The first kappa shape index (κ1) is 13.7. The van der Waals surface area contributed by atoms with E-state index in [4.69, 9.17) is 11.6 Å². The molecule has 0 bridgehead atoms. The van der Waals surface area contributed by atoms with Crippen LogP contribution in [0.4, 0.5) is 13.2 Å². The van der Waals surface area contributed by atoms with Crippen molar-refractivity contribution in [3.63, 3.8) is 0 Å². The molecule has 2 aromatic heterocycles. The maximum absolute atomic E-state index is 13.1. The second-order valence-corrected chi connectivity index (χ2v) is 4.77. The van der Waals surface area contributed by atoms with E-state index >= 15 is 0 Å². The van der Waals surface area contributed by atoms with Crippen molar-refractivity contribution in [3.8, 4) is 5.69 Å². The number of hydrogen-bond donors (Lipinski definition) is 1. The van der Waals surface area contributed by atoms with Gasteiger partial charge in [0.2, 0.25) is 5.56 Å². The summed E-state index contributed by atoms with van der Waals surface area (Å²) in [6.45, 7) is 0. The first-order valence-corrected chi connectivity index (χ1v) is 6.17. The van der Waals surface area contributed by atoms with Gasteiger partial charge in [-0.1, -0.05) is 11.6 Å². The number of hydrogen-bond acceptors (Lipinski definition) is 2. The molecule has 21 heavy (non-hydrogen) atoms. The number of nitrogens with one attached hydrogen (secondary N) is 1. The van der Waals surface area contributed by atoms with Crippen molar-refractivity contribution in [1.82, 2.24) is 14.5 Å². The SMILES string of the molecule is O=c1ccc2ncn(-c3ccc(Cl)cc3C(F)(F)F)c2[nH]1. The van der Waals surface area contributed by atoms with E-state index in [2.05, 4.69) is 9.97 Å². The highest BCUT2D eigenvalue weighted by molar-refractivity contribution is 6.30. The molecule has 0 aliphatic heterocycles. The lowest BCUT2D eigenvalue weighted by molar-refractivity contribution is -0.137. The lowest BCUT2D eigenvalue weighted by atomic mass is 10.1. The molecule has 0 saturated heterocycles. The van der Waals surface area contributed by atoms with Crippen molar-refractivity contribution >= 4 is 22.8 Å². The average Bonchev–Trinajstić information content (AvgIpc) is 2.80. The zero-order valence-electron chi connectivity index (χ0n) is 10.3. The Labute approximate surface area is 120 Å². The Kier molecular flexibility index (Phi) is 3.02. The molecule has 0 saturated carbocycles. The standard InChI is InChI=1S/C13H7ClF3N3O/c14-7-1-3-10(8(5-7)13(15,16)17)20-6-18-9-2-4-11(21)19-12(9)20/h1-6H,(H,19,21). The van der Waals surface area contributed by atoms with E-state index in [1.54, 1.807) is 0 Å². The Morgan fingerprint density at radius 1 is 1.19 bits per heavy atom. The first-order chi connectivity index (χ1) is 9.86. The number of aromatic amines is 1. The van der Waals surface area contributed by atoms with Crippen LogP contribution in [0.25, 0.3) is 16.9 Å². The third kappa shape index (κ3) is 2.40. The number of alkyl halides is 3. The maximum atomic E-state index is 13.1. The minimum Gasteiger partial charge on any atom is -0.306 e. The summed E-state index contributed by atoms with van der Waals surface area (Å²) in [5, 5.41) is -0.0241. The van der Waals surface area contributed by atoms with Gasteiger partial charge in [-0.25, -0.2) is 4.98 Å². The van der Waals surface area contributed by atoms with E-state index in [-0.39, 0.29) is 16.4 Å². The van der Waals surface area contributed by atoms with Gasteiger partial charge in [0.25, 0.3) is 0 Å². The summed E-state index contributed by atoms with van der Waals surface area (Å²) in [7, 11) is 0.